The summed E-state index contributed by atoms with van der Waals surface area (Å²) in [6.45, 7) is 8.79. The van der Waals surface area contributed by atoms with Gasteiger partial charge in [-0.1, -0.05) is 71.8 Å². The molecule has 5 heteroatoms. The number of carbonyl (C=O) groups excluding carboxylic acids is 1. The molecule has 1 amide bonds. The van der Waals surface area contributed by atoms with Crippen LogP contribution in [0.15, 0.2) is 72.8 Å². The van der Waals surface area contributed by atoms with Crippen molar-refractivity contribution in [2.45, 2.75) is 39.3 Å². The van der Waals surface area contributed by atoms with Crippen molar-refractivity contribution in [2.75, 3.05) is 36.9 Å². The minimum absolute atomic E-state index is 0.116. The number of ether oxygens (including phenoxy) is 1. The van der Waals surface area contributed by atoms with Gasteiger partial charge in [-0.15, -0.1) is 0 Å². The number of benzene rings is 3. The lowest BCUT2D eigenvalue weighted by atomic mass is 10.0. The van der Waals surface area contributed by atoms with Crippen molar-refractivity contribution in [1.82, 2.24) is 4.90 Å². The Bertz CT molecular complexity index is 1070. The number of hydrogen-bond acceptors (Lipinski definition) is 4. The number of amides is 1. The molecule has 0 bridgehead atoms. The van der Waals surface area contributed by atoms with E-state index in [-0.39, 0.29) is 18.0 Å². The minimum atomic E-state index is -0.363. The number of rotatable bonds is 8. The van der Waals surface area contributed by atoms with Crippen LogP contribution in [0.2, 0.25) is 0 Å². The van der Waals surface area contributed by atoms with Crippen LogP contribution in [0.4, 0.5) is 11.4 Å². The molecule has 0 radical (unpaired) electrons. The maximum atomic E-state index is 13.5. The maximum absolute atomic E-state index is 13.5. The van der Waals surface area contributed by atoms with Crippen molar-refractivity contribution in [2.24, 2.45) is 0 Å². The van der Waals surface area contributed by atoms with Gasteiger partial charge >= 0.3 is 0 Å². The summed E-state index contributed by atoms with van der Waals surface area (Å²) in [5.74, 6) is 0.116. The van der Waals surface area contributed by atoms with Crippen molar-refractivity contribution in [1.29, 1.82) is 0 Å². The van der Waals surface area contributed by atoms with Crippen LogP contribution in [0, 0.1) is 13.8 Å². The molecule has 1 aliphatic heterocycles. The van der Waals surface area contributed by atoms with E-state index < -0.39 is 0 Å². The Balaban J connectivity index is 1.55. The molecule has 3 aromatic carbocycles. The molecular weight excluding hydrogens is 422 g/mol. The molecule has 2 atom stereocenters. The second-order valence-electron chi connectivity index (χ2n) is 9.15. The zero-order chi connectivity index (χ0) is 23.9. The largest absolute Gasteiger partial charge is 0.378 e. The van der Waals surface area contributed by atoms with Crippen molar-refractivity contribution < 1.29 is 9.53 Å². The summed E-state index contributed by atoms with van der Waals surface area (Å²) in [6.07, 6.45) is 0.623. The lowest BCUT2D eigenvalue weighted by Gasteiger charge is -2.32. The molecule has 34 heavy (non-hydrogen) atoms. The van der Waals surface area contributed by atoms with Crippen molar-refractivity contribution in [3.8, 4) is 0 Å². The molecule has 3 aromatic rings. The smallest absolute Gasteiger partial charge is 0.245 e. The van der Waals surface area contributed by atoms with Crippen LogP contribution in [0.1, 0.15) is 35.2 Å². The van der Waals surface area contributed by atoms with E-state index in [2.05, 4.69) is 86.0 Å². The monoisotopic (exact) mass is 457 g/mol. The first-order valence-electron chi connectivity index (χ1n) is 12.1. The van der Waals surface area contributed by atoms with Gasteiger partial charge in [-0.2, -0.15) is 0 Å². The van der Waals surface area contributed by atoms with E-state index in [0.29, 0.717) is 32.7 Å². The summed E-state index contributed by atoms with van der Waals surface area (Å²) < 4.78 is 5.47. The molecule has 2 N–H and O–H groups in total. The molecule has 4 rings (SSSR count). The van der Waals surface area contributed by atoms with Crippen LogP contribution in [-0.2, 0) is 16.0 Å². The third-order valence-electron chi connectivity index (χ3n) is 6.39. The molecule has 0 spiro atoms. The summed E-state index contributed by atoms with van der Waals surface area (Å²) >= 11 is 0. The van der Waals surface area contributed by atoms with E-state index in [9.17, 15) is 4.79 Å². The molecule has 0 aromatic heterocycles. The normalized spacial score (nSPS) is 15.4. The molecular formula is C29H35N3O2. The highest BCUT2D eigenvalue weighted by molar-refractivity contribution is 5.86. The van der Waals surface area contributed by atoms with E-state index in [1.54, 1.807) is 0 Å². The van der Waals surface area contributed by atoms with Gasteiger partial charge in [0.2, 0.25) is 5.91 Å². The molecule has 5 nitrogen and oxygen atoms in total. The zero-order valence-electron chi connectivity index (χ0n) is 20.4. The van der Waals surface area contributed by atoms with Gasteiger partial charge in [-0.3, -0.25) is 4.79 Å². The Hall–Kier alpha value is -3.31. The highest BCUT2D eigenvalue weighted by Crippen LogP contribution is 2.28. The quantitative estimate of drug-likeness (QED) is 0.478. The summed E-state index contributed by atoms with van der Waals surface area (Å²) in [4.78, 5) is 15.5. The fraction of sp³-hybridized carbons (Fsp3) is 0.345. The zero-order valence-corrected chi connectivity index (χ0v) is 20.4. The number of para-hydroxylation sites is 2. The minimum Gasteiger partial charge on any atom is -0.378 e. The first-order chi connectivity index (χ1) is 16.5. The number of nitrogens with one attached hydrogen (secondary N) is 2. The van der Waals surface area contributed by atoms with E-state index in [0.717, 1.165) is 16.9 Å². The summed E-state index contributed by atoms with van der Waals surface area (Å²) in [5.41, 5.74) is 6.75. The lowest BCUT2D eigenvalue weighted by molar-refractivity contribution is -0.136. The van der Waals surface area contributed by atoms with Crippen LogP contribution in [0.3, 0.4) is 0 Å². The average Bonchev–Trinajstić information content (AvgIpc) is 2.86. The van der Waals surface area contributed by atoms with Crippen LogP contribution in [-0.4, -0.2) is 43.2 Å². The molecule has 0 aliphatic carbocycles. The van der Waals surface area contributed by atoms with Crippen molar-refractivity contribution >= 4 is 17.3 Å². The van der Waals surface area contributed by atoms with Crippen LogP contribution < -0.4 is 10.6 Å². The Labute approximate surface area is 203 Å². The summed E-state index contributed by atoms with van der Waals surface area (Å²) in [6, 6.07) is 24.9. The van der Waals surface area contributed by atoms with E-state index >= 15 is 0 Å². The predicted molar refractivity (Wildman–Crippen MR) is 139 cm³/mol. The number of nitrogens with zero attached hydrogens (tertiary/aromatic N) is 1. The van der Waals surface area contributed by atoms with Gasteiger partial charge in [0, 0.05) is 25.6 Å². The molecule has 178 valence electrons. The first-order valence-corrected chi connectivity index (χ1v) is 12.1. The number of anilines is 2. The van der Waals surface area contributed by atoms with Gasteiger partial charge in [0.15, 0.2) is 0 Å². The number of aryl methyl sites for hydroxylation is 2. The Kier molecular flexibility index (Phi) is 7.86. The third kappa shape index (κ3) is 6.17. The Morgan fingerprint density at radius 3 is 2.03 bits per heavy atom. The SMILES string of the molecule is Cc1ccc(C[C@H](Nc2ccccc2NC(C)c2ccc(C)cc2)C(=O)N2CCOCC2)cc1. The van der Waals surface area contributed by atoms with Crippen LogP contribution >= 0.6 is 0 Å². The van der Waals surface area contributed by atoms with Crippen LogP contribution in [0.25, 0.3) is 0 Å². The Morgan fingerprint density at radius 1 is 0.853 bits per heavy atom. The molecule has 1 unspecified atom stereocenters. The lowest BCUT2D eigenvalue weighted by Crippen LogP contribution is -2.48. The van der Waals surface area contributed by atoms with Gasteiger partial charge in [0.1, 0.15) is 6.04 Å². The maximum Gasteiger partial charge on any atom is 0.245 e. The third-order valence-corrected chi connectivity index (χ3v) is 6.39. The second-order valence-corrected chi connectivity index (χ2v) is 9.15. The van der Waals surface area contributed by atoms with Crippen LogP contribution in [0.5, 0.6) is 0 Å². The van der Waals surface area contributed by atoms with E-state index in [1.807, 2.05) is 23.1 Å². The van der Waals surface area contributed by atoms with Gasteiger partial charge in [0.25, 0.3) is 0 Å². The Morgan fingerprint density at radius 2 is 1.41 bits per heavy atom. The number of morpholine rings is 1. The van der Waals surface area contributed by atoms with E-state index in [4.69, 9.17) is 4.74 Å². The van der Waals surface area contributed by atoms with Gasteiger partial charge < -0.3 is 20.3 Å². The molecule has 1 heterocycles. The molecule has 1 saturated heterocycles. The molecule has 0 saturated carbocycles. The molecule has 1 aliphatic rings. The summed E-state index contributed by atoms with van der Waals surface area (Å²) in [5, 5.41) is 7.21. The second kappa shape index (κ2) is 11.2. The summed E-state index contributed by atoms with van der Waals surface area (Å²) in [7, 11) is 0. The standard InChI is InChI=1S/C29H35N3O2/c1-21-8-12-24(13-9-21)20-28(29(33)32-16-18-34-19-17-32)31-27-7-5-4-6-26(27)30-23(3)25-14-10-22(2)11-15-25/h4-15,23,28,30-31H,16-20H2,1-3H3/t23?,28-/m0/s1. The fourth-order valence-corrected chi connectivity index (χ4v) is 4.26. The van der Waals surface area contributed by atoms with Gasteiger partial charge in [-0.25, -0.2) is 0 Å². The van der Waals surface area contributed by atoms with Gasteiger partial charge in [-0.05, 0) is 44.0 Å². The number of carbonyl (C=O) groups is 1. The first kappa shape index (κ1) is 23.8. The van der Waals surface area contributed by atoms with Gasteiger partial charge in [0.05, 0.1) is 24.6 Å². The topological polar surface area (TPSA) is 53.6 Å². The average molecular weight is 458 g/mol. The van der Waals surface area contributed by atoms with Crippen molar-refractivity contribution in [3.05, 3.63) is 95.1 Å². The highest BCUT2D eigenvalue weighted by Gasteiger charge is 2.27. The van der Waals surface area contributed by atoms with Crippen molar-refractivity contribution in [3.63, 3.8) is 0 Å². The highest BCUT2D eigenvalue weighted by atomic mass is 16.5. The predicted octanol–water partition coefficient (Wildman–Crippen LogP) is 5.36. The van der Waals surface area contributed by atoms with E-state index in [1.165, 1.54) is 16.7 Å². The fourth-order valence-electron chi connectivity index (χ4n) is 4.26. The molecule has 1 fully saturated rings. The number of hydrogen-bond donors (Lipinski definition) is 2.